The Balaban J connectivity index is 3.81. The molecule has 0 aliphatic heterocycles. The normalized spacial score (nSPS) is 10.6. The van der Waals surface area contributed by atoms with Gasteiger partial charge in [-0.25, -0.2) is 0 Å². The first-order valence-electron chi connectivity index (χ1n) is 5.51. The molecular weight excluding hydrogens is 176 g/mol. The van der Waals surface area contributed by atoms with E-state index in [1.807, 2.05) is 0 Å². The summed E-state index contributed by atoms with van der Waals surface area (Å²) in [7, 11) is 0. The molecule has 0 aromatic rings. The van der Waals surface area contributed by atoms with Crippen LogP contribution in [0, 0.1) is 5.92 Å². The fraction of sp³-hybridized carbons (Fsp3) is 1.00. The molecule has 0 unspecified atom stereocenters. The zero-order valence-corrected chi connectivity index (χ0v) is 9.61. The standard InChI is InChI=1S/C10H22N4/c1-4-10(5-2)9-14(6-3)8-7-12-13-11/h10H,4-9H2,1-3H3. The van der Waals surface area contributed by atoms with Crippen molar-refractivity contribution in [3.63, 3.8) is 0 Å². The van der Waals surface area contributed by atoms with Crippen molar-refractivity contribution in [1.82, 2.24) is 4.90 Å². The van der Waals surface area contributed by atoms with E-state index >= 15 is 0 Å². The molecule has 0 amide bonds. The largest absolute Gasteiger partial charge is 0.303 e. The van der Waals surface area contributed by atoms with Gasteiger partial charge in [0, 0.05) is 24.5 Å². The summed E-state index contributed by atoms with van der Waals surface area (Å²) >= 11 is 0. The number of rotatable bonds is 8. The molecule has 4 heteroatoms. The molecule has 0 heterocycles. The van der Waals surface area contributed by atoms with Crippen LogP contribution in [0.4, 0.5) is 0 Å². The van der Waals surface area contributed by atoms with Gasteiger partial charge in [0.2, 0.25) is 0 Å². The number of nitrogens with zero attached hydrogens (tertiary/aromatic N) is 4. The lowest BCUT2D eigenvalue weighted by molar-refractivity contribution is 0.239. The first kappa shape index (κ1) is 13.3. The topological polar surface area (TPSA) is 52.0 Å². The minimum atomic E-state index is 0.588. The molecule has 14 heavy (non-hydrogen) atoms. The van der Waals surface area contributed by atoms with Crippen molar-refractivity contribution in [2.75, 3.05) is 26.2 Å². The zero-order chi connectivity index (χ0) is 10.8. The van der Waals surface area contributed by atoms with E-state index in [1.54, 1.807) is 0 Å². The third-order valence-electron chi connectivity index (χ3n) is 2.70. The molecular formula is C10H22N4. The van der Waals surface area contributed by atoms with Crippen LogP contribution in [-0.2, 0) is 0 Å². The molecule has 0 radical (unpaired) electrons. The van der Waals surface area contributed by atoms with Gasteiger partial charge >= 0.3 is 0 Å². The third-order valence-corrected chi connectivity index (χ3v) is 2.70. The second-order valence-corrected chi connectivity index (χ2v) is 3.53. The van der Waals surface area contributed by atoms with E-state index in [4.69, 9.17) is 5.53 Å². The average molecular weight is 198 g/mol. The Morgan fingerprint density at radius 2 is 1.93 bits per heavy atom. The van der Waals surface area contributed by atoms with Gasteiger partial charge in [-0.05, 0) is 18.0 Å². The van der Waals surface area contributed by atoms with Gasteiger partial charge in [-0.2, -0.15) is 0 Å². The zero-order valence-electron chi connectivity index (χ0n) is 9.61. The number of hydrogen-bond acceptors (Lipinski definition) is 2. The summed E-state index contributed by atoms with van der Waals surface area (Å²) in [5.74, 6) is 0.779. The first-order chi connectivity index (χ1) is 6.78. The Bertz CT molecular complexity index is 171. The predicted molar refractivity (Wildman–Crippen MR) is 60.2 cm³/mol. The van der Waals surface area contributed by atoms with Crippen molar-refractivity contribution in [3.05, 3.63) is 10.4 Å². The number of azide groups is 1. The Morgan fingerprint density at radius 1 is 1.29 bits per heavy atom. The Morgan fingerprint density at radius 3 is 2.36 bits per heavy atom. The van der Waals surface area contributed by atoms with Gasteiger partial charge in [0.15, 0.2) is 0 Å². The van der Waals surface area contributed by atoms with Gasteiger partial charge in [-0.1, -0.05) is 38.7 Å². The lowest BCUT2D eigenvalue weighted by Crippen LogP contribution is -2.31. The van der Waals surface area contributed by atoms with Gasteiger partial charge in [0.25, 0.3) is 0 Å². The van der Waals surface area contributed by atoms with Crippen LogP contribution in [0.2, 0.25) is 0 Å². The molecule has 82 valence electrons. The predicted octanol–water partition coefficient (Wildman–Crippen LogP) is 3.05. The Kier molecular flexibility index (Phi) is 8.39. The molecule has 0 aliphatic rings. The highest BCUT2D eigenvalue weighted by Gasteiger charge is 2.08. The molecule has 0 aromatic carbocycles. The smallest absolute Gasteiger partial charge is 0.0385 e. The van der Waals surface area contributed by atoms with Crippen molar-refractivity contribution in [2.24, 2.45) is 11.0 Å². The molecule has 0 aromatic heterocycles. The molecule has 0 N–H and O–H groups in total. The Labute approximate surface area is 86.9 Å². The van der Waals surface area contributed by atoms with Crippen LogP contribution in [0.5, 0.6) is 0 Å². The maximum absolute atomic E-state index is 8.17. The second-order valence-electron chi connectivity index (χ2n) is 3.53. The van der Waals surface area contributed by atoms with Gasteiger partial charge in [0.1, 0.15) is 0 Å². The van der Waals surface area contributed by atoms with E-state index < -0.39 is 0 Å². The minimum absolute atomic E-state index is 0.588. The van der Waals surface area contributed by atoms with Gasteiger partial charge in [-0.15, -0.1) is 0 Å². The fourth-order valence-corrected chi connectivity index (χ4v) is 1.52. The molecule has 4 nitrogen and oxygen atoms in total. The van der Waals surface area contributed by atoms with E-state index in [0.717, 1.165) is 25.6 Å². The summed E-state index contributed by atoms with van der Waals surface area (Å²) in [5.41, 5.74) is 8.17. The molecule has 0 rings (SSSR count). The van der Waals surface area contributed by atoms with Crippen LogP contribution in [0.25, 0.3) is 10.4 Å². The molecule has 0 saturated heterocycles. The summed E-state index contributed by atoms with van der Waals surface area (Å²) in [6.45, 7) is 10.3. The fourth-order valence-electron chi connectivity index (χ4n) is 1.52. The van der Waals surface area contributed by atoms with Crippen LogP contribution in [0.1, 0.15) is 33.6 Å². The van der Waals surface area contributed by atoms with E-state index in [9.17, 15) is 0 Å². The molecule has 0 fully saturated rings. The van der Waals surface area contributed by atoms with E-state index in [0.29, 0.717) is 6.54 Å². The second kappa shape index (κ2) is 8.85. The highest BCUT2D eigenvalue weighted by molar-refractivity contribution is 4.64. The van der Waals surface area contributed by atoms with Crippen molar-refractivity contribution >= 4 is 0 Å². The number of likely N-dealkylation sites (N-methyl/N-ethyl adjacent to an activating group) is 1. The van der Waals surface area contributed by atoms with Crippen molar-refractivity contribution in [1.29, 1.82) is 0 Å². The van der Waals surface area contributed by atoms with Gasteiger partial charge < -0.3 is 4.90 Å². The molecule has 0 bridgehead atoms. The highest BCUT2D eigenvalue weighted by Crippen LogP contribution is 2.09. The van der Waals surface area contributed by atoms with E-state index in [2.05, 4.69) is 35.7 Å². The summed E-state index contributed by atoms with van der Waals surface area (Å²) in [5, 5.41) is 3.56. The molecule has 0 spiro atoms. The summed E-state index contributed by atoms with van der Waals surface area (Å²) < 4.78 is 0. The molecule has 0 saturated carbocycles. The average Bonchev–Trinajstić information content (AvgIpc) is 2.23. The van der Waals surface area contributed by atoms with Crippen LogP contribution in [-0.4, -0.2) is 31.1 Å². The monoisotopic (exact) mass is 198 g/mol. The van der Waals surface area contributed by atoms with Crippen LogP contribution >= 0.6 is 0 Å². The van der Waals surface area contributed by atoms with Crippen molar-refractivity contribution in [2.45, 2.75) is 33.6 Å². The first-order valence-corrected chi connectivity index (χ1v) is 5.51. The maximum Gasteiger partial charge on any atom is 0.0385 e. The lowest BCUT2D eigenvalue weighted by atomic mass is 10.0. The Hall–Kier alpha value is -0.730. The van der Waals surface area contributed by atoms with Gasteiger partial charge in [-0.3, -0.25) is 0 Å². The third kappa shape index (κ3) is 5.84. The van der Waals surface area contributed by atoms with Crippen LogP contribution in [0.3, 0.4) is 0 Å². The summed E-state index contributed by atoms with van der Waals surface area (Å²) in [6.07, 6.45) is 2.46. The quantitative estimate of drug-likeness (QED) is 0.336. The summed E-state index contributed by atoms with van der Waals surface area (Å²) in [6, 6.07) is 0. The minimum Gasteiger partial charge on any atom is -0.303 e. The van der Waals surface area contributed by atoms with Crippen molar-refractivity contribution in [3.8, 4) is 0 Å². The van der Waals surface area contributed by atoms with Gasteiger partial charge in [0.05, 0.1) is 0 Å². The molecule has 0 aliphatic carbocycles. The van der Waals surface area contributed by atoms with Crippen LogP contribution in [0.15, 0.2) is 5.11 Å². The highest BCUT2D eigenvalue weighted by atomic mass is 15.2. The lowest BCUT2D eigenvalue weighted by Gasteiger charge is -2.24. The number of hydrogen-bond donors (Lipinski definition) is 0. The SMILES string of the molecule is CCC(CC)CN(CC)CCN=[N+]=[N-]. The van der Waals surface area contributed by atoms with Crippen molar-refractivity contribution < 1.29 is 0 Å². The van der Waals surface area contributed by atoms with E-state index in [-0.39, 0.29) is 0 Å². The maximum atomic E-state index is 8.17. The summed E-state index contributed by atoms with van der Waals surface area (Å²) in [4.78, 5) is 5.11. The van der Waals surface area contributed by atoms with E-state index in [1.165, 1.54) is 12.8 Å². The van der Waals surface area contributed by atoms with Crippen LogP contribution < -0.4 is 0 Å². The molecule has 0 atom stereocenters.